The summed E-state index contributed by atoms with van der Waals surface area (Å²) in [7, 11) is 0. The summed E-state index contributed by atoms with van der Waals surface area (Å²) < 4.78 is 0. The summed E-state index contributed by atoms with van der Waals surface area (Å²) in [5.41, 5.74) is 13.2. The molecule has 0 aliphatic heterocycles. The van der Waals surface area contributed by atoms with Crippen molar-refractivity contribution in [1.82, 2.24) is 0 Å². The van der Waals surface area contributed by atoms with Crippen molar-refractivity contribution in [3.63, 3.8) is 0 Å². The van der Waals surface area contributed by atoms with Gasteiger partial charge in [-0.3, -0.25) is 0 Å². The molecule has 1 aliphatic rings. The van der Waals surface area contributed by atoms with Crippen LogP contribution >= 0.6 is 0 Å². The van der Waals surface area contributed by atoms with Crippen LogP contribution in [0.2, 0.25) is 0 Å². The zero-order valence-corrected chi connectivity index (χ0v) is 11.9. The van der Waals surface area contributed by atoms with E-state index in [4.69, 9.17) is 0 Å². The molecular weight excluding hydrogens is 216 g/mol. The molecule has 18 heavy (non-hydrogen) atoms. The fourth-order valence-electron chi connectivity index (χ4n) is 3.33. The Morgan fingerprint density at radius 3 is 2.22 bits per heavy atom. The summed E-state index contributed by atoms with van der Waals surface area (Å²) >= 11 is 0. The molecule has 0 N–H and O–H groups in total. The van der Waals surface area contributed by atoms with Gasteiger partial charge >= 0.3 is 0 Å². The second kappa shape index (κ2) is 3.71. The summed E-state index contributed by atoms with van der Waals surface area (Å²) in [6.07, 6.45) is 1.11. The topological polar surface area (TPSA) is 0 Å². The third-order valence-corrected chi connectivity index (χ3v) is 4.49. The van der Waals surface area contributed by atoms with E-state index in [-0.39, 0.29) is 0 Å². The molecule has 0 amide bonds. The Morgan fingerprint density at radius 1 is 0.778 bits per heavy atom. The van der Waals surface area contributed by atoms with E-state index in [9.17, 15) is 0 Å². The van der Waals surface area contributed by atoms with Crippen LogP contribution in [-0.2, 0) is 6.42 Å². The first-order valence-corrected chi connectivity index (χ1v) is 6.69. The lowest BCUT2D eigenvalue weighted by molar-refractivity contribution is 1.18. The van der Waals surface area contributed by atoms with E-state index in [2.05, 4.69) is 52.8 Å². The van der Waals surface area contributed by atoms with Crippen LogP contribution in [0.25, 0.3) is 11.1 Å². The minimum atomic E-state index is 1.11. The highest BCUT2D eigenvalue weighted by atomic mass is 14.3. The third-order valence-electron chi connectivity index (χ3n) is 4.49. The molecule has 0 heteroatoms. The van der Waals surface area contributed by atoms with E-state index < -0.39 is 0 Å². The van der Waals surface area contributed by atoms with E-state index >= 15 is 0 Å². The number of hydrogen-bond acceptors (Lipinski definition) is 0. The van der Waals surface area contributed by atoms with Crippen molar-refractivity contribution in [3.05, 3.63) is 57.1 Å². The lowest BCUT2D eigenvalue weighted by atomic mass is 9.92. The molecule has 0 saturated carbocycles. The smallest absolute Gasteiger partial charge is 0.00106 e. The van der Waals surface area contributed by atoms with Gasteiger partial charge in [-0.15, -0.1) is 0 Å². The zero-order chi connectivity index (χ0) is 13.0. The average molecular weight is 236 g/mol. The van der Waals surface area contributed by atoms with Crippen molar-refractivity contribution < 1.29 is 0 Å². The Bertz CT molecular complexity index is 660. The molecule has 0 heterocycles. The lowest BCUT2D eigenvalue weighted by Gasteiger charge is -2.12. The molecule has 0 bridgehead atoms. The first-order valence-electron chi connectivity index (χ1n) is 6.69. The van der Waals surface area contributed by atoms with E-state index in [1.807, 2.05) is 0 Å². The Morgan fingerprint density at radius 2 is 1.50 bits per heavy atom. The SMILES string of the molecule is Cc1cc(C)c2c(c1)-c1c(cc(C)c(C)c1C)C2. The molecule has 0 fully saturated rings. The number of rotatable bonds is 0. The standard InChI is InChI=1S/C18H20/c1-10-6-12(3)16-9-15-8-11(2)13(4)14(5)18(15)17(16)7-10/h6-8H,9H2,1-5H3. The first kappa shape index (κ1) is 11.5. The van der Waals surface area contributed by atoms with Gasteiger partial charge in [0.25, 0.3) is 0 Å². The quantitative estimate of drug-likeness (QED) is 0.526. The van der Waals surface area contributed by atoms with Crippen LogP contribution in [0.3, 0.4) is 0 Å². The lowest BCUT2D eigenvalue weighted by Crippen LogP contribution is -1.92. The van der Waals surface area contributed by atoms with Gasteiger partial charge in [0.2, 0.25) is 0 Å². The third kappa shape index (κ3) is 1.45. The van der Waals surface area contributed by atoms with E-state index in [0.717, 1.165) is 6.42 Å². The normalized spacial score (nSPS) is 12.5. The molecule has 2 aromatic carbocycles. The Kier molecular flexibility index (Phi) is 2.38. The monoisotopic (exact) mass is 236 g/mol. The summed E-state index contributed by atoms with van der Waals surface area (Å²) in [6.45, 7) is 11.2. The molecule has 2 aromatic rings. The van der Waals surface area contributed by atoms with Crippen molar-refractivity contribution in [2.75, 3.05) is 0 Å². The summed E-state index contributed by atoms with van der Waals surface area (Å²) in [5.74, 6) is 0. The second-order valence-electron chi connectivity index (χ2n) is 5.76. The van der Waals surface area contributed by atoms with Gasteiger partial charge in [-0.05, 0) is 85.5 Å². The first-order chi connectivity index (χ1) is 8.49. The summed E-state index contributed by atoms with van der Waals surface area (Å²) in [5, 5.41) is 0. The molecule has 0 atom stereocenters. The molecule has 92 valence electrons. The highest BCUT2D eigenvalue weighted by molar-refractivity contribution is 5.82. The van der Waals surface area contributed by atoms with Crippen LogP contribution < -0.4 is 0 Å². The number of aryl methyl sites for hydroxylation is 3. The van der Waals surface area contributed by atoms with Gasteiger partial charge in [-0.25, -0.2) is 0 Å². The summed E-state index contributed by atoms with van der Waals surface area (Å²) in [4.78, 5) is 0. The maximum Gasteiger partial charge on any atom is -0.00106 e. The van der Waals surface area contributed by atoms with Gasteiger partial charge in [0, 0.05) is 0 Å². The van der Waals surface area contributed by atoms with Gasteiger partial charge in [0.05, 0.1) is 0 Å². The van der Waals surface area contributed by atoms with Crippen LogP contribution in [0.5, 0.6) is 0 Å². The predicted molar refractivity (Wildman–Crippen MR) is 78.4 cm³/mol. The average Bonchev–Trinajstić information content (AvgIpc) is 2.65. The predicted octanol–water partition coefficient (Wildman–Crippen LogP) is 4.80. The van der Waals surface area contributed by atoms with Crippen molar-refractivity contribution in [3.8, 4) is 11.1 Å². The fraction of sp³-hybridized carbons (Fsp3) is 0.333. The minimum absolute atomic E-state index is 1.11. The molecule has 0 aromatic heterocycles. The van der Waals surface area contributed by atoms with Crippen LogP contribution in [0, 0.1) is 34.6 Å². The maximum absolute atomic E-state index is 2.38. The molecule has 3 rings (SSSR count). The van der Waals surface area contributed by atoms with Gasteiger partial charge in [0.15, 0.2) is 0 Å². The number of hydrogen-bond donors (Lipinski definition) is 0. The molecule has 1 aliphatic carbocycles. The van der Waals surface area contributed by atoms with E-state index in [0.29, 0.717) is 0 Å². The van der Waals surface area contributed by atoms with Gasteiger partial charge < -0.3 is 0 Å². The molecule has 0 nitrogen and oxygen atoms in total. The highest BCUT2D eigenvalue weighted by Crippen LogP contribution is 2.42. The van der Waals surface area contributed by atoms with Crippen molar-refractivity contribution >= 4 is 0 Å². The zero-order valence-electron chi connectivity index (χ0n) is 11.9. The van der Waals surface area contributed by atoms with E-state index in [1.54, 1.807) is 0 Å². The van der Waals surface area contributed by atoms with Crippen LogP contribution in [0.15, 0.2) is 18.2 Å². The molecule has 0 saturated heterocycles. The van der Waals surface area contributed by atoms with Crippen LogP contribution in [0.1, 0.15) is 38.9 Å². The second-order valence-corrected chi connectivity index (χ2v) is 5.76. The van der Waals surface area contributed by atoms with Gasteiger partial charge in [-0.1, -0.05) is 23.8 Å². The van der Waals surface area contributed by atoms with Gasteiger partial charge in [0.1, 0.15) is 0 Å². The molecule has 0 unspecified atom stereocenters. The van der Waals surface area contributed by atoms with Crippen LogP contribution in [-0.4, -0.2) is 0 Å². The molecular formula is C18H20. The Hall–Kier alpha value is -1.56. The Balaban J connectivity index is 2.37. The molecule has 0 spiro atoms. The van der Waals surface area contributed by atoms with Crippen LogP contribution in [0.4, 0.5) is 0 Å². The molecule has 0 radical (unpaired) electrons. The highest BCUT2D eigenvalue weighted by Gasteiger charge is 2.23. The Labute approximate surface area is 110 Å². The largest absolute Gasteiger partial charge is 0.0561 e. The van der Waals surface area contributed by atoms with Gasteiger partial charge in [-0.2, -0.15) is 0 Å². The fourth-order valence-corrected chi connectivity index (χ4v) is 3.33. The minimum Gasteiger partial charge on any atom is -0.0561 e. The maximum atomic E-state index is 2.38. The number of fused-ring (bicyclic) bond motifs is 3. The van der Waals surface area contributed by atoms with Crippen molar-refractivity contribution in [2.24, 2.45) is 0 Å². The summed E-state index contributed by atoms with van der Waals surface area (Å²) in [6, 6.07) is 7.04. The van der Waals surface area contributed by atoms with E-state index in [1.165, 1.54) is 50.1 Å². The van der Waals surface area contributed by atoms with Crippen molar-refractivity contribution in [1.29, 1.82) is 0 Å². The van der Waals surface area contributed by atoms with Crippen molar-refractivity contribution in [2.45, 2.75) is 41.0 Å². The number of benzene rings is 2.